The van der Waals surface area contributed by atoms with Crippen LogP contribution in [0, 0.1) is 0 Å². The topological polar surface area (TPSA) is 85.9 Å². The summed E-state index contributed by atoms with van der Waals surface area (Å²) in [6.07, 6.45) is 2.92. The molecule has 0 amide bonds. The van der Waals surface area contributed by atoms with Crippen molar-refractivity contribution in [2.75, 3.05) is 0 Å². The normalized spacial score (nSPS) is 11.8. The number of nitrogens with two attached hydrogens (primary N) is 1. The van der Waals surface area contributed by atoms with Crippen LogP contribution in [0.4, 0.5) is 0 Å². The van der Waals surface area contributed by atoms with Crippen LogP contribution in [0.1, 0.15) is 0 Å². The Labute approximate surface area is 80.7 Å². The Morgan fingerprint density at radius 2 is 1.86 bits per heavy atom. The summed E-state index contributed by atoms with van der Waals surface area (Å²) in [6.45, 7) is 0. The lowest BCUT2D eigenvalue weighted by Crippen LogP contribution is -2.13. The minimum absolute atomic E-state index is 0.00287. The minimum Gasteiger partial charge on any atom is -0.253 e. The van der Waals surface area contributed by atoms with E-state index in [1.807, 2.05) is 0 Å². The molecule has 0 unspecified atom stereocenters. The molecule has 0 atom stereocenters. The highest BCUT2D eigenvalue weighted by molar-refractivity contribution is 7.89. The van der Waals surface area contributed by atoms with Gasteiger partial charge in [-0.05, 0) is 12.1 Å². The summed E-state index contributed by atoms with van der Waals surface area (Å²) >= 11 is 0. The van der Waals surface area contributed by atoms with Gasteiger partial charge in [0.2, 0.25) is 10.0 Å². The molecule has 0 saturated heterocycles. The predicted molar refractivity (Wildman–Crippen MR) is 50.9 cm³/mol. The van der Waals surface area contributed by atoms with Crippen molar-refractivity contribution in [1.29, 1.82) is 0 Å². The first kappa shape index (κ1) is 9.04. The van der Waals surface area contributed by atoms with E-state index < -0.39 is 10.0 Å². The first-order chi connectivity index (χ1) is 6.59. The van der Waals surface area contributed by atoms with Crippen LogP contribution in [-0.2, 0) is 10.0 Å². The van der Waals surface area contributed by atoms with E-state index in [9.17, 15) is 8.42 Å². The monoisotopic (exact) mass is 209 g/mol. The van der Waals surface area contributed by atoms with Crippen LogP contribution in [0.15, 0.2) is 35.5 Å². The van der Waals surface area contributed by atoms with Gasteiger partial charge in [0.1, 0.15) is 10.4 Å². The summed E-state index contributed by atoms with van der Waals surface area (Å²) in [5.41, 5.74) is 0.816. The van der Waals surface area contributed by atoms with E-state index in [0.717, 1.165) is 0 Å². The molecule has 1 heterocycles. The molecule has 0 saturated carbocycles. The van der Waals surface area contributed by atoms with Crippen LogP contribution in [0.2, 0.25) is 0 Å². The van der Waals surface area contributed by atoms with Crippen LogP contribution in [0.25, 0.3) is 11.0 Å². The van der Waals surface area contributed by atoms with Crippen molar-refractivity contribution in [2.45, 2.75) is 4.90 Å². The third-order valence-electron chi connectivity index (χ3n) is 1.77. The fraction of sp³-hybridized carbons (Fsp3) is 0. The van der Waals surface area contributed by atoms with Crippen molar-refractivity contribution < 1.29 is 8.42 Å². The van der Waals surface area contributed by atoms with Crippen molar-refractivity contribution in [1.82, 2.24) is 9.97 Å². The lowest BCUT2D eigenvalue weighted by Gasteiger charge is -2.01. The van der Waals surface area contributed by atoms with Gasteiger partial charge in [-0.15, -0.1) is 0 Å². The fourth-order valence-corrected chi connectivity index (χ4v) is 1.89. The summed E-state index contributed by atoms with van der Waals surface area (Å²) < 4.78 is 22.3. The fourth-order valence-electron chi connectivity index (χ4n) is 1.20. The summed E-state index contributed by atoms with van der Waals surface area (Å²) in [6, 6.07) is 4.67. The van der Waals surface area contributed by atoms with Crippen molar-refractivity contribution in [2.24, 2.45) is 5.14 Å². The van der Waals surface area contributed by atoms with Gasteiger partial charge >= 0.3 is 0 Å². The molecule has 0 aliphatic heterocycles. The highest BCUT2D eigenvalue weighted by atomic mass is 32.2. The summed E-state index contributed by atoms with van der Waals surface area (Å²) in [4.78, 5) is 7.90. The van der Waals surface area contributed by atoms with Crippen LogP contribution in [-0.4, -0.2) is 18.4 Å². The number of para-hydroxylation sites is 1. The van der Waals surface area contributed by atoms with Crippen molar-refractivity contribution in [3.05, 3.63) is 30.6 Å². The van der Waals surface area contributed by atoms with Gasteiger partial charge in [-0.25, -0.2) is 13.6 Å². The Morgan fingerprint density at radius 3 is 2.57 bits per heavy atom. The van der Waals surface area contributed by atoms with E-state index in [-0.39, 0.29) is 4.90 Å². The molecule has 0 radical (unpaired) electrons. The molecule has 2 aromatic rings. The third-order valence-corrected chi connectivity index (χ3v) is 2.71. The maximum absolute atomic E-state index is 11.2. The average Bonchev–Trinajstić information content (AvgIpc) is 2.15. The standard InChI is InChI=1S/C8H7N3O2S/c9-14(12,13)7-3-1-2-6-8(7)11-5-4-10-6/h1-5H,(H2,9,12,13). The van der Waals surface area contributed by atoms with Crippen LogP contribution in [0.3, 0.4) is 0 Å². The van der Waals surface area contributed by atoms with Gasteiger partial charge in [-0.2, -0.15) is 0 Å². The van der Waals surface area contributed by atoms with E-state index in [0.29, 0.717) is 11.0 Å². The SMILES string of the molecule is NS(=O)(=O)c1cccc2nccnc12. The lowest BCUT2D eigenvalue weighted by atomic mass is 10.3. The quantitative estimate of drug-likeness (QED) is 0.730. The molecule has 2 N–H and O–H groups in total. The van der Waals surface area contributed by atoms with Gasteiger partial charge < -0.3 is 0 Å². The second-order valence-corrected chi connectivity index (χ2v) is 4.26. The number of hydrogen-bond acceptors (Lipinski definition) is 4. The number of fused-ring (bicyclic) bond motifs is 1. The number of hydrogen-bond donors (Lipinski definition) is 1. The van der Waals surface area contributed by atoms with Gasteiger partial charge in [0.05, 0.1) is 5.52 Å². The second kappa shape index (κ2) is 3.00. The van der Waals surface area contributed by atoms with Crippen LogP contribution in [0.5, 0.6) is 0 Å². The Hall–Kier alpha value is -1.53. The van der Waals surface area contributed by atoms with E-state index in [1.165, 1.54) is 18.5 Å². The zero-order valence-corrected chi connectivity index (χ0v) is 7.90. The van der Waals surface area contributed by atoms with Crippen molar-refractivity contribution >= 4 is 21.1 Å². The molecular weight excluding hydrogens is 202 g/mol. The highest BCUT2D eigenvalue weighted by Crippen LogP contribution is 2.16. The van der Waals surface area contributed by atoms with E-state index in [4.69, 9.17) is 5.14 Å². The molecule has 0 fully saturated rings. The van der Waals surface area contributed by atoms with Gasteiger partial charge in [-0.1, -0.05) is 6.07 Å². The zero-order valence-electron chi connectivity index (χ0n) is 7.08. The van der Waals surface area contributed by atoms with Crippen LogP contribution < -0.4 is 5.14 Å². The molecule has 0 bridgehead atoms. The number of primary sulfonamides is 1. The predicted octanol–water partition coefficient (Wildman–Crippen LogP) is 0.277. The average molecular weight is 209 g/mol. The summed E-state index contributed by atoms with van der Waals surface area (Å²) in [5.74, 6) is 0. The maximum Gasteiger partial charge on any atom is 0.240 e. The van der Waals surface area contributed by atoms with Gasteiger partial charge in [-0.3, -0.25) is 9.97 Å². The Balaban J connectivity index is 2.92. The summed E-state index contributed by atoms with van der Waals surface area (Å²) in [5, 5.41) is 5.03. The first-order valence-electron chi connectivity index (χ1n) is 3.81. The first-order valence-corrected chi connectivity index (χ1v) is 5.36. The second-order valence-electron chi connectivity index (χ2n) is 2.73. The Kier molecular flexibility index (Phi) is 1.94. The largest absolute Gasteiger partial charge is 0.253 e. The molecule has 5 nitrogen and oxygen atoms in total. The third kappa shape index (κ3) is 1.45. The molecule has 2 rings (SSSR count). The van der Waals surface area contributed by atoms with Crippen molar-refractivity contribution in [3.8, 4) is 0 Å². The molecule has 0 aliphatic carbocycles. The maximum atomic E-state index is 11.2. The molecule has 6 heteroatoms. The Morgan fingerprint density at radius 1 is 1.14 bits per heavy atom. The number of aromatic nitrogens is 2. The smallest absolute Gasteiger partial charge is 0.240 e. The number of nitrogens with zero attached hydrogens (tertiary/aromatic N) is 2. The summed E-state index contributed by atoms with van der Waals surface area (Å²) in [7, 11) is -3.73. The Bertz CT molecular complexity index is 575. The van der Waals surface area contributed by atoms with Gasteiger partial charge in [0, 0.05) is 12.4 Å². The molecule has 14 heavy (non-hydrogen) atoms. The van der Waals surface area contributed by atoms with E-state index in [2.05, 4.69) is 9.97 Å². The highest BCUT2D eigenvalue weighted by Gasteiger charge is 2.12. The molecular formula is C8H7N3O2S. The molecule has 1 aromatic carbocycles. The van der Waals surface area contributed by atoms with Gasteiger partial charge in [0.25, 0.3) is 0 Å². The van der Waals surface area contributed by atoms with Crippen molar-refractivity contribution in [3.63, 3.8) is 0 Å². The number of sulfonamides is 1. The molecule has 72 valence electrons. The van der Waals surface area contributed by atoms with Crippen LogP contribution >= 0.6 is 0 Å². The lowest BCUT2D eigenvalue weighted by molar-refractivity contribution is 0.598. The number of rotatable bonds is 1. The zero-order chi connectivity index (χ0) is 10.2. The molecule has 0 spiro atoms. The minimum atomic E-state index is -3.73. The number of benzene rings is 1. The molecule has 1 aromatic heterocycles. The van der Waals surface area contributed by atoms with E-state index in [1.54, 1.807) is 12.1 Å². The van der Waals surface area contributed by atoms with Gasteiger partial charge in [0.15, 0.2) is 0 Å². The van der Waals surface area contributed by atoms with E-state index >= 15 is 0 Å². The molecule has 0 aliphatic rings.